The average Bonchev–Trinajstić information content (AvgIpc) is 2.91. The molecule has 0 saturated heterocycles. The molecule has 24 heavy (non-hydrogen) atoms. The van der Waals surface area contributed by atoms with E-state index in [1.807, 2.05) is 39.8 Å². The van der Waals surface area contributed by atoms with Crippen LogP contribution in [0.2, 0.25) is 0 Å². The van der Waals surface area contributed by atoms with Crippen molar-refractivity contribution in [1.29, 1.82) is 0 Å². The van der Waals surface area contributed by atoms with E-state index in [4.69, 9.17) is 0 Å². The van der Waals surface area contributed by atoms with E-state index in [0.717, 1.165) is 22.5 Å². The number of rotatable bonds is 2. The molecular weight excluding hydrogens is 304 g/mol. The maximum absolute atomic E-state index is 12.5. The van der Waals surface area contributed by atoms with Crippen LogP contribution in [-0.2, 0) is 17.3 Å². The molecule has 2 aromatic rings. The standard InChI is InChI=1S/C18H22N4O2/c1-10-7-12(19-16(23)14-8-11(2)22(6)20-14)9-13-15(10)21(5)17(24)18(13,3)4/h7-9H,1-6H3,(H,19,23). The number of carbonyl (C=O) groups is 2. The number of aryl methyl sites for hydroxylation is 3. The molecule has 6 heteroatoms. The molecule has 1 N–H and O–H groups in total. The van der Waals surface area contributed by atoms with Crippen molar-refractivity contribution in [1.82, 2.24) is 9.78 Å². The fourth-order valence-electron chi connectivity index (χ4n) is 3.28. The van der Waals surface area contributed by atoms with Crippen LogP contribution in [0.3, 0.4) is 0 Å². The van der Waals surface area contributed by atoms with Gasteiger partial charge in [0.25, 0.3) is 5.91 Å². The van der Waals surface area contributed by atoms with Gasteiger partial charge in [0.05, 0.1) is 11.1 Å². The van der Waals surface area contributed by atoms with Gasteiger partial charge in [0.1, 0.15) is 0 Å². The molecule has 1 aliphatic rings. The molecule has 0 bridgehead atoms. The quantitative estimate of drug-likeness (QED) is 0.922. The molecule has 0 aliphatic carbocycles. The fourth-order valence-corrected chi connectivity index (χ4v) is 3.28. The Labute approximate surface area is 141 Å². The van der Waals surface area contributed by atoms with Crippen LogP contribution in [-0.4, -0.2) is 28.6 Å². The lowest BCUT2D eigenvalue weighted by molar-refractivity contribution is -0.121. The highest BCUT2D eigenvalue weighted by Gasteiger charge is 2.43. The number of amides is 2. The largest absolute Gasteiger partial charge is 0.321 e. The molecule has 126 valence electrons. The summed E-state index contributed by atoms with van der Waals surface area (Å²) in [6, 6.07) is 5.52. The average molecular weight is 326 g/mol. The van der Waals surface area contributed by atoms with Crippen molar-refractivity contribution in [3.05, 3.63) is 40.7 Å². The Morgan fingerprint density at radius 1 is 1.17 bits per heavy atom. The Balaban J connectivity index is 1.97. The van der Waals surface area contributed by atoms with Crippen molar-refractivity contribution < 1.29 is 9.59 Å². The number of fused-ring (bicyclic) bond motifs is 1. The van der Waals surface area contributed by atoms with Gasteiger partial charge in [-0.25, -0.2) is 0 Å². The highest BCUT2D eigenvalue weighted by atomic mass is 16.2. The Hall–Kier alpha value is -2.63. The fraction of sp³-hybridized carbons (Fsp3) is 0.389. The summed E-state index contributed by atoms with van der Waals surface area (Å²) < 4.78 is 1.67. The molecule has 0 saturated carbocycles. The van der Waals surface area contributed by atoms with Gasteiger partial charge in [-0.1, -0.05) is 0 Å². The summed E-state index contributed by atoms with van der Waals surface area (Å²) >= 11 is 0. The summed E-state index contributed by atoms with van der Waals surface area (Å²) in [5.41, 5.74) is 4.19. The third-order valence-corrected chi connectivity index (χ3v) is 4.75. The van der Waals surface area contributed by atoms with Crippen molar-refractivity contribution in [2.75, 3.05) is 17.3 Å². The van der Waals surface area contributed by atoms with E-state index >= 15 is 0 Å². The van der Waals surface area contributed by atoms with Gasteiger partial charge in [-0.3, -0.25) is 14.3 Å². The van der Waals surface area contributed by atoms with E-state index in [9.17, 15) is 9.59 Å². The SMILES string of the molecule is Cc1cc(NC(=O)c2cc(C)n(C)n2)cc2c1N(C)C(=O)C2(C)C. The number of likely N-dealkylation sites (N-methyl/N-ethyl adjacent to an activating group) is 1. The molecule has 0 radical (unpaired) electrons. The second kappa shape index (κ2) is 5.19. The second-order valence-corrected chi connectivity index (χ2v) is 6.93. The molecule has 2 heterocycles. The van der Waals surface area contributed by atoms with Gasteiger partial charge in [-0.05, 0) is 57.0 Å². The normalized spacial score (nSPS) is 15.6. The van der Waals surface area contributed by atoms with Gasteiger partial charge in [-0.2, -0.15) is 5.10 Å². The number of nitrogens with one attached hydrogen (secondary N) is 1. The van der Waals surface area contributed by atoms with E-state index in [2.05, 4.69) is 10.4 Å². The van der Waals surface area contributed by atoms with Crippen LogP contribution in [0, 0.1) is 13.8 Å². The van der Waals surface area contributed by atoms with Crippen LogP contribution < -0.4 is 10.2 Å². The minimum Gasteiger partial charge on any atom is -0.321 e. The third kappa shape index (κ3) is 2.29. The lowest BCUT2D eigenvalue weighted by Crippen LogP contribution is -2.33. The van der Waals surface area contributed by atoms with Gasteiger partial charge < -0.3 is 10.2 Å². The number of hydrogen-bond acceptors (Lipinski definition) is 3. The van der Waals surface area contributed by atoms with Crippen LogP contribution in [0.4, 0.5) is 11.4 Å². The van der Waals surface area contributed by atoms with Crippen molar-refractivity contribution in [3.63, 3.8) is 0 Å². The number of nitrogens with zero attached hydrogens (tertiary/aromatic N) is 3. The predicted molar refractivity (Wildman–Crippen MR) is 93.5 cm³/mol. The van der Waals surface area contributed by atoms with Crippen LogP contribution in [0.5, 0.6) is 0 Å². The minimum atomic E-state index is -0.600. The smallest absolute Gasteiger partial charge is 0.276 e. The zero-order valence-corrected chi connectivity index (χ0v) is 14.9. The Morgan fingerprint density at radius 2 is 1.83 bits per heavy atom. The maximum atomic E-state index is 12.5. The summed E-state index contributed by atoms with van der Waals surface area (Å²) in [5, 5.41) is 7.09. The number of aromatic nitrogens is 2. The van der Waals surface area contributed by atoms with Gasteiger partial charge in [-0.15, -0.1) is 0 Å². The number of carbonyl (C=O) groups excluding carboxylic acids is 2. The molecule has 0 spiro atoms. The summed E-state index contributed by atoms with van der Waals surface area (Å²) in [6.07, 6.45) is 0. The first kappa shape index (κ1) is 16.2. The molecule has 2 amide bonds. The monoisotopic (exact) mass is 326 g/mol. The molecule has 0 unspecified atom stereocenters. The van der Waals surface area contributed by atoms with Crippen molar-refractivity contribution in [2.24, 2.45) is 7.05 Å². The van der Waals surface area contributed by atoms with Crippen LogP contribution in [0.15, 0.2) is 18.2 Å². The first-order chi connectivity index (χ1) is 11.1. The Kier molecular flexibility index (Phi) is 3.51. The summed E-state index contributed by atoms with van der Waals surface area (Å²) in [7, 11) is 3.59. The van der Waals surface area contributed by atoms with E-state index in [-0.39, 0.29) is 11.8 Å². The summed E-state index contributed by atoms with van der Waals surface area (Å²) in [6.45, 7) is 7.66. The maximum Gasteiger partial charge on any atom is 0.276 e. The number of hydrogen-bond donors (Lipinski definition) is 1. The van der Waals surface area contributed by atoms with E-state index < -0.39 is 5.41 Å². The van der Waals surface area contributed by atoms with Crippen LogP contribution in [0.25, 0.3) is 0 Å². The zero-order valence-electron chi connectivity index (χ0n) is 14.9. The summed E-state index contributed by atoms with van der Waals surface area (Å²) in [4.78, 5) is 26.6. The zero-order chi connectivity index (χ0) is 17.8. The van der Waals surface area contributed by atoms with Crippen LogP contribution in [0.1, 0.15) is 41.2 Å². The molecule has 0 atom stereocenters. The van der Waals surface area contributed by atoms with Crippen molar-refractivity contribution in [2.45, 2.75) is 33.1 Å². The molecule has 6 nitrogen and oxygen atoms in total. The first-order valence-electron chi connectivity index (χ1n) is 7.88. The molecule has 1 aromatic heterocycles. The lowest BCUT2D eigenvalue weighted by atomic mass is 9.85. The number of benzene rings is 1. The molecule has 1 aromatic carbocycles. The summed E-state index contributed by atoms with van der Waals surface area (Å²) in [5.74, 6) is -0.196. The van der Waals surface area contributed by atoms with E-state index in [1.54, 1.807) is 29.7 Å². The van der Waals surface area contributed by atoms with Gasteiger partial charge in [0.2, 0.25) is 5.91 Å². The predicted octanol–water partition coefficient (Wildman–Crippen LogP) is 2.54. The highest BCUT2D eigenvalue weighted by Crippen LogP contribution is 2.44. The third-order valence-electron chi connectivity index (χ3n) is 4.75. The van der Waals surface area contributed by atoms with Gasteiger partial charge in [0.15, 0.2) is 5.69 Å². The second-order valence-electron chi connectivity index (χ2n) is 6.93. The van der Waals surface area contributed by atoms with E-state index in [0.29, 0.717) is 11.4 Å². The highest BCUT2D eigenvalue weighted by molar-refractivity contribution is 6.09. The first-order valence-corrected chi connectivity index (χ1v) is 7.88. The minimum absolute atomic E-state index is 0.0597. The lowest BCUT2D eigenvalue weighted by Gasteiger charge is -2.17. The van der Waals surface area contributed by atoms with E-state index in [1.165, 1.54) is 0 Å². The Morgan fingerprint density at radius 3 is 2.42 bits per heavy atom. The molecular formula is C18H22N4O2. The molecule has 0 fully saturated rings. The van der Waals surface area contributed by atoms with Crippen molar-refractivity contribution in [3.8, 4) is 0 Å². The number of anilines is 2. The molecule has 1 aliphatic heterocycles. The topological polar surface area (TPSA) is 67.2 Å². The van der Waals surface area contributed by atoms with Crippen molar-refractivity contribution >= 4 is 23.2 Å². The van der Waals surface area contributed by atoms with Crippen LogP contribution >= 0.6 is 0 Å². The van der Waals surface area contributed by atoms with Gasteiger partial charge in [0, 0.05) is 25.5 Å². The van der Waals surface area contributed by atoms with Gasteiger partial charge >= 0.3 is 0 Å². The Bertz CT molecular complexity index is 845. The molecule has 3 rings (SSSR count).